The highest BCUT2D eigenvalue weighted by atomic mass is 32.2. The van der Waals surface area contributed by atoms with E-state index in [-0.39, 0.29) is 11.6 Å². The van der Waals surface area contributed by atoms with Gasteiger partial charge in [0.15, 0.2) is 0 Å². The highest BCUT2D eigenvalue weighted by molar-refractivity contribution is 7.98. The van der Waals surface area contributed by atoms with E-state index in [2.05, 4.69) is 17.6 Å². The van der Waals surface area contributed by atoms with Gasteiger partial charge in [-0.15, -0.1) is 0 Å². The van der Waals surface area contributed by atoms with Gasteiger partial charge in [-0.25, -0.2) is 4.79 Å². The summed E-state index contributed by atoms with van der Waals surface area (Å²) in [6, 6.07) is 1.13. The van der Waals surface area contributed by atoms with E-state index in [1.165, 1.54) is 24.4 Å². The molecule has 0 spiro atoms. The maximum atomic E-state index is 12.1. The summed E-state index contributed by atoms with van der Waals surface area (Å²) >= 11 is 1.51. The Bertz CT molecular complexity index is 487. The molecular formula is C16H25N3O3S. The smallest absolute Gasteiger partial charge is 0.326 e. The molecule has 1 saturated carbocycles. The van der Waals surface area contributed by atoms with Gasteiger partial charge in [0, 0.05) is 12.2 Å². The van der Waals surface area contributed by atoms with Crippen LogP contribution >= 0.6 is 11.8 Å². The molecule has 0 aromatic rings. The zero-order chi connectivity index (χ0) is 17.2. The third-order valence-electron chi connectivity index (χ3n) is 4.13. The molecule has 6 nitrogen and oxygen atoms in total. The summed E-state index contributed by atoms with van der Waals surface area (Å²) in [5, 5.41) is 23.8. The minimum absolute atomic E-state index is 0.0850. The number of nitrogens with zero attached hydrogens (tertiary/aromatic N) is 1. The van der Waals surface area contributed by atoms with Crippen LogP contribution in [0.1, 0.15) is 39.0 Å². The average molecular weight is 339 g/mol. The fraction of sp³-hybridized carbons (Fsp3) is 0.688. The van der Waals surface area contributed by atoms with Crippen molar-refractivity contribution >= 4 is 23.6 Å². The van der Waals surface area contributed by atoms with Gasteiger partial charge >= 0.3 is 5.97 Å². The Hall–Kier alpha value is -1.68. The van der Waals surface area contributed by atoms with E-state index in [0.717, 1.165) is 19.3 Å². The lowest BCUT2D eigenvalue weighted by Crippen LogP contribution is -2.42. The van der Waals surface area contributed by atoms with Crippen LogP contribution in [0.2, 0.25) is 0 Å². The predicted octanol–water partition coefficient (Wildman–Crippen LogP) is 1.88. The second-order valence-corrected chi connectivity index (χ2v) is 6.84. The molecule has 1 rings (SSSR count). The summed E-state index contributed by atoms with van der Waals surface area (Å²) in [5.74, 6) is -0.604. The van der Waals surface area contributed by atoms with Crippen LogP contribution in [0, 0.1) is 17.2 Å². The Morgan fingerprint density at radius 2 is 2.13 bits per heavy atom. The van der Waals surface area contributed by atoms with Gasteiger partial charge in [0.1, 0.15) is 17.7 Å². The summed E-state index contributed by atoms with van der Waals surface area (Å²) in [6.45, 7) is 2.15. The number of rotatable bonds is 8. The van der Waals surface area contributed by atoms with Crippen molar-refractivity contribution in [3.63, 3.8) is 0 Å². The standard InChI is InChI=1S/C16H25N3O3S/c1-11-5-3-4-6-13(11)18-10-12(9-17)15(20)19-14(16(21)22)7-8-23-2/h10-11,13-14,18H,3-8H2,1-2H3,(H,19,20)(H,21,22)/b12-10-. The number of hydrogen-bond acceptors (Lipinski definition) is 5. The summed E-state index contributed by atoms with van der Waals surface area (Å²) in [5.41, 5.74) is -0.0850. The molecule has 128 valence electrons. The van der Waals surface area contributed by atoms with Crippen LogP contribution in [0.5, 0.6) is 0 Å². The number of nitrogens with one attached hydrogen (secondary N) is 2. The van der Waals surface area contributed by atoms with Crippen molar-refractivity contribution in [2.75, 3.05) is 12.0 Å². The fourth-order valence-corrected chi connectivity index (χ4v) is 3.10. The molecule has 1 aliphatic rings. The molecule has 0 bridgehead atoms. The van der Waals surface area contributed by atoms with Crippen molar-refractivity contribution < 1.29 is 14.7 Å². The second-order valence-electron chi connectivity index (χ2n) is 5.85. The molecule has 3 atom stereocenters. The molecule has 1 fully saturated rings. The van der Waals surface area contributed by atoms with Crippen LogP contribution in [0.4, 0.5) is 0 Å². The molecule has 1 aliphatic carbocycles. The Kier molecular flexibility index (Phi) is 8.56. The minimum atomic E-state index is -1.08. The van der Waals surface area contributed by atoms with Crippen LogP contribution < -0.4 is 10.6 Å². The lowest BCUT2D eigenvalue weighted by Gasteiger charge is -2.29. The number of thioether (sulfide) groups is 1. The molecule has 0 aromatic heterocycles. The van der Waals surface area contributed by atoms with E-state index in [4.69, 9.17) is 10.4 Å². The van der Waals surface area contributed by atoms with E-state index in [1.54, 1.807) is 0 Å². The average Bonchev–Trinajstić information content (AvgIpc) is 2.53. The van der Waals surface area contributed by atoms with Gasteiger partial charge in [-0.3, -0.25) is 4.79 Å². The Balaban J connectivity index is 2.64. The van der Waals surface area contributed by atoms with Crippen molar-refractivity contribution in [1.29, 1.82) is 5.26 Å². The fourth-order valence-electron chi connectivity index (χ4n) is 2.63. The first-order valence-electron chi connectivity index (χ1n) is 7.88. The Labute approximate surface area is 141 Å². The number of carbonyl (C=O) groups is 2. The lowest BCUT2D eigenvalue weighted by atomic mass is 9.86. The SMILES string of the molecule is CSCCC(NC(=O)/C(C#N)=C\NC1CCCCC1C)C(=O)O. The topological polar surface area (TPSA) is 102 Å². The summed E-state index contributed by atoms with van der Waals surface area (Å²) in [4.78, 5) is 23.3. The summed E-state index contributed by atoms with van der Waals surface area (Å²) in [6.07, 6.45) is 8.13. The number of carboxylic acid groups (broad SMARTS) is 1. The number of amides is 1. The maximum Gasteiger partial charge on any atom is 0.326 e. The molecular weight excluding hydrogens is 314 g/mol. The van der Waals surface area contributed by atoms with E-state index >= 15 is 0 Å². The molecule has 0 aromatic carbocycles. The van der Waals surface area contributed by atoms with E-state index < -0.39 is 17.9 Å². The predicted molar refractivity (Wildman–Crippen MR) is 90.8 cm³/mol. The van der Waals surface area contributed by atoms with Crippen molar-refractivity contribution in [3.05, 3.63) is 11.8 Å². The van der Waals surface area contributed by atoms with E-state index in [9.17, 15) is 9.59 Å². The molecule has 1 amide bonds. The first kappa shape index (κ1) is 19.4. The minimum Gasteiger partial charge on any atom is -0.480 e. The molecule has 0 saturated heterocycles. The molecule has 0 radical (unpaired) electrons. The molecule has 3 N–H and O–H groups in total. The van der Waals surface area contributed by atoms with Crippen LogP contribution in [0.15, 0.2) is 11.8 Å². The van der Waals surface area contributed by atoms with Crippen LogP contribution in [0.3, 0.4) is 0 Å². The van der Waals surface area contributed by atoms with Crippen LogP contribution in [0.25, 0.3) is 0 Å². The summed E-state index contributed by atoms with van der Waals surface area (Å²) in [7, 11) is 0. The van der Waals surface area contributed by atoms with Gasteiger partial charge in [0.05, 0.1) is 0 Å². The second kappa shape index (κ2) is 10.2. The molecule has 0 heterocycles. The number of carboxylic acids is 1. The number of nitriles is 1. The third-order valence-corrected chi connectivity index (χ3v) is 4.78. The van der Waals surface area contributed by atoms with Crippen LogP contribution in [-0.4, -0.2) is 41.1 Å². The molecule has 0 aliphatic heterocycles. The van der Waals surface area contributed by atoms with Crippen molar-refractivity contribution in [2.45, 2.75) is 51.1 Å². The highest BCUT2D eigenvalue weighted by Crippen LogP contribution is 2.23. The monoisotopic (exact) mass is 339 g/mol. The maximum absolute atomic E-state index is 12.1. The molecule has 7 heteroatoms. The molecule has 3 unspecified atom stereocenters. The van der Waals surface area contributed by atoms with E-state index in [1.807, 2.05) is 12.3 Å². The van der Waals surface area contributed by atoms with Gasteiger partial charge in [-0.1, -0.05) is 19.8 Å². The van der Waals surface area contributed by atoms with Gasteiger partial charge in [-0.2, -0.15) is 17.0 Å². The van der Waals surface area contributed by atoms with Crippen molar-refractivity contribution in [1.82, 2.24) is 10.6 Å². The van der Waals surface area contributed by atoms with E-state index in [0.29, 0.717) is 18.1 Å². The lowest BCUT2D eigenvalue weighted by molar-refractivity contribution is -0.141. The van der Waals surface area contributed by atoms with Gasteiger partial charge in [0.25, 0.3) is 5.91 Å². The van der Waals surface area contributed by atoms with Crippen LogP contribution in [-0.2, 0) is 9.59 Å². The van der Waals surface area contributed by atoms with Gasteiger partial charge in [0.2, 0.25) is 0 Å². The quantitative estimate of drug-likeness (QED) is 0.461. The first-order chi connectivity index (χ1) is 11.0. The number of carbonyl (C=O) groups excluding carboxylic acids is 1. The van der Waals surface area contributed by atoms with Gasteiger partial charge < -0.3 is 15.7 Å². The van der Waals surface area contributed by atoms with Crippen molar-refractivity contribution in [2.24, 2.45) is 5.92 Å². The first-order valence-corrected chi connectivity index (χ1v) is 9.28. The molecule has 23 heavy (non-hydrogen) atoms. The number of hydrogen-bond donors (Lipinski definition) is 3. The normalized spacial score (nSPS) is 22.7. The largest absolute Gasteiger partial charge is 0.480 e. The third kappa shape index (κ3) is 6.53. The highest BCUT2D eigenvalue weighted by Gasteiger charge is 2.23. The summed E-state index contributed by atoms with van der Waals surface area (Å²) < 4.78 is 0. The Morgan fingerprint density at radius 3 is 2.70 bits per heavy atom. The Morgan fingerprint density at radius 1 is 1.43 bits per heavy atom. The zero-order valence-corrected chi connectivity index (χ0v) is 14.5. The number of aliphatic carboxylic acids is 1. The zero-order valence-electron chi connectivity index (χ0n) is 13.7. The van der Waals surface area contributed by atoms with Gasteiger partial charge in [-0.05, 0) is 37.2 Å². The van der Waals surface area contributed by atoms with Crippen molar-refractivity contribution in [3.8, 4) is 6.07 Å².